The van der Waals surface area contributed by atoms with E-state index in [2.05, 4.69) is 66.5 Å². The van der Waals surface area contributed by atoms with E-state index in [9.17, 15) is 46.8 Å². The van der Waals surface area contributed by atoms with E-state index in [1.54, 1.807) is 44.4 Å². The van der Waals surface area contributed by atoms with Gasteiger partial charge < -0.3 is 34.1 Å². The number of ether oxygens (including phenoxy) is 4. The van der Waals surface area contributed by atoms with Crippen molar-refractivity contribution < 1.29 is 65.7 Å². The van der Waals surface area contributed by atoms with E-state index in [0.29, 0.717) is 32.1 Å². The van der Waals surface area contributed by atoms with Crippen molar-refractivity contribution in [2.75, 3.05) is 59.2 Å². The van der Waals surface area contributed by atoms with Gasteiger partial charge in [-0.25, -0.2) is 12.7 Å². The fourth-order valence-corrected chi connectivity index (χ4v) is 17.0. The molecule has 4 aliphatic rings. The van der Waals surface area contributed by atoms with Crippen molar-refractivity contribution in [1.29, 1.82) is 0 Å². The second-order valence-electron chi connectivity index (χ2n) is 29.0. The molecule has 0 unspecified atom stereocenters. The molecule has 2 heterocycles. The Hall–Kier alpha value is -3.75. The van der Waals surface area contributed by atoms with Gasteiger partial charge in [0.2, 0.25) is 21.8 Å². The van der Waals surface area contributed by atoms with E-state index < -0.39 is 94.8 Å². The number of piperidine rings is 2. The number of Topliss-reactive ketones (excluding diaryl/α,β-unsaturated/α-hetero) is 2. The Morgan fingerprint density at radius 1 is 0.614 bits per heavy atom. The van der Waals surface area contributed by atoms with Crippen molar-refractivity contribution in [3.05, 3.63) is 0 Å². The molecule has 0 aromatic carbocycles. The lowest BCUT2D eigenvalue weighted by molar-refractivity contribution is -0.159. The zero-order chi connectivity index (χ0) is 63.2. The Bertz CT molecular complexity index is 2320. The highest BCUT2D eigenvalue weighted by molar-refractivity contribution is 7.89. The molecule has 478 valence electrons. The summed E-state index contributed by atoms with van der Waals surface area (Å²) in [5.41, 5.74) is -1.59. The summed E-state index contributed by atoms with van der Waals surface area (Å²) in [4.78, 5) is 109. The number of unbranched alkanes of at least 4 members (excludes halogenated alkanes) is 8. The van der Waals surface area contributed by atoms with E-state index in [0.717, 1.165) is 45.1 Å². The first-order valence-corrected chi connectivity index (χ1v) is 36.6. The van der Waals surface area contributed by atoms with Crippen molar-refractivity contribution in [3.8, 4) is 0 Å². The molecule has 0 aromatic rings. The molecule has 2 saturated heterocycles. The highest BCUT2D eigenvalue weighted by Gasteiger charge is 2.70. The summed E-state index contributed by atoms with van der Waals surface area (Å²) in [6, 6.07) is -0.729. The maximum Gasteiger partial charge on any atom is 0.308 e. The first-order chi connectivity index (χ1) is 38.3. The number of rotatable bonds is 34. The molecule has 10 atom stereocenters. The minimum absolute atomic E-state index is 0.000387. The third-order valence-corrected chi connectivity index (χ3v) is 21.5. The molecule has 0 radical (unpaired) electrons. The van der Waals surface area contributed by atoms with Gasteiger partial charge in [-0.05, 0) is 101 Å². The summed E-state index contributed by atoms with van der Waals surface area (Å²) in [6.45, 7) is 35.2. The molecule has 20 heteroatoms. The monoisotopic (exact) mass is 1210 g/mol. The molecular formula is C63H112N4O14SSi. The molecule has 2 aliphatic heterocycles. The predicted molar refractivity (Wildman–Crippen MR) is 326 cm³/mol. The summed E-state index contributed by atoms with van der Waals surface area (Å²) < 4.78 is 49.9. The normalized spacial score (nSPS) is 22.9. The Kier molecular flexibility index (Phi) is 27.7. The number of likely N-dealkylation sites (tertiary alicyclic amines) is 2. The maximum absolute atomic E-state index is 14.5. The van der Waals surface area contributed by atoms with Crippen LogP contribution in [0, 0.1) is 58.2 Å². The summed E-state index contributed by atoms with van der Waals surface area (Å²) >= 11 is 0. The first-order valence-electron chi connectivity index (χ1n) is 31.2. The number of methoxy groups -OCH3 is 2. The molecule has 2 aliphatic carbocycles. The fraction of sp³-hybridized carbons (Fsp3) is 0.873. The number of carbonyl (C=O) groups excluding carboxylic acids is 8. The third kappa shape index (κ3) is 22.2. The topological polar surface area (TPSA) is 229 Å². The van der Waals surface area contributed by atoms with Crippen molar-refractivity contribution in [3.63, 3.8) is 0 Å². The van der Waals surface area contributed by atoms with Crippen LogP contribution in [0.15, 0.2) is 0 Å². The number of hydrogen-bond acceptors (Lipinski definition) is 15. The number of carbonyl (C=O) groups is 8. The van der Waals surface area contributed by atoms with Crippen molar-refractivity contribution in [2.24, 2.45) is 58.2 Å². The van der Waals surface area contributed by atoms with Gasteiger partial charge in [-0.3, -0.25) is 38.4 Å². The van der Waals surface area contributed by atoms with E-state index in [4.69, 9.17) is 18.9 Å². The van der Waals surface area contributed by atoms with Gasteiger partial charge in [0.1, 0.15) is 11.2 Å². The summed E-state index contributed by atoms with van der Waals surface area (Å²) in [6.07, 6.45) is 10.1. The zero-order valence-corrected chi connectivity index (χ0v) is 56.6. The Balaban J connectivity index is 0.000000445. The Morgan fingerprint density at radius 3 is 1.41 bits per heavy atom. The van der Waals surface area contributed by atoms with E-state index in [1.165, 1.54) is 37.8 Å². The van der Waals surface area contributed by atoms with Gasteiger partial charge in [-0.2, -0.15) is 0 Å². The molecule has 0 bridgehead atoms. The molecule has 4 rings (SSSR count). The number of esters is 4. The van der Waals surface area contributed by atoms with Gasteiger partial charge in [0.05, 0.1) is 68.6 Å². The van der Waals surface area contributed by atoms with E-state index in [1.807, 2.05) is 20.8 Å². The first kappa shape index (κ1) is 73.5. The lowest BCUT2D eigenvalue weighted by Crippen LogP contribution is -2.51. The van der Waals surface area contributed by atoms with Gasteiger partial charge in [0.15, 0.2) is 11.6 Å². The second-order valence-corrected chi connectivity index (χ2v) is 36.7. The number of amides is 2. The van der Waals surface area contributed by atoms with E-state index >= 15 is 0 Å². The molecule has 1 N–H and O–H groups in total. The lowest BCUT2D eigenvalue weighted by atomic mass is 9.92. The van der Waals surface area contributed by atoms with Gasteiger partial charge in [0.25, 0.3) is 0 Å². The number of sulfonamides is 1. The predicted octanol–water partition coefficient (Wildman–Crippen LogP) is 9.67. The number of nitrogens with zero attached hydrogens (tertiary/aromatic N) is 3. The Morgan fingerprint density at radius 2 is 1.01 bits per heavy atom. The zero-order valence-electron chi connectivity index (χ0n) is 54.8. The van der Waals surface area contributed by atoms with Crippen LogP contribution in [-0.4, -0.2) is 160 Å². The van der Waals surface area contributed by atoms with Crippen LogP contribution in [-0.2, 0) is 67.3 Å². The summed E-state index contributed by atoms with van der Waals surface area (Å²) in [7, 11) is -2.82. The number of hydrogen-bond donors (Lipinski definition) is 1. The molecular weight excluding hydrogens is 1100 g/mol. The average Bonchev–Trinajstić information content (AvgIpc) is 2.87. The highest BCUT2D eigenvalue weighted by Crippen LogP contribution is 2.66. The van der Waals surface area contributed by atoms with Crippen LogP contribution in [0.5, 0.6) is 0 Å². The SMILES string of the molecule is CCCCCCCN(C[C@H](CC(=O)OC(C)(C)C)C(=O)N1C[C@H]2[C@@H]([C@H]1C(=O)C[C@@H](C)C(=O)OC)C2(C)C)S(=O)(=O)CC[Si](C)(C)C.CCCCCCCNC[C@H](CC(=O)OC(C)(C)C)C(=O)N1C[C@H]2[C@@H]([C@H]1C(=O)C[C@@H](C)C(=O)OC)C2(C)C. The van der Waals surface area contributed by atoms with Crippen LogP contribution in [0.2, 0.25) is 25.7 Å². The van der Waals surface area contributed by atoms with Gasteiger partial charge in [-0.15, -0.1) is 0 Å². The standard InChI is InChI=1S/C34H62N2O8SSi.C29H50N2O6/c1-12-13-14-15-16-17-35(45(41,42)18-19-46(9,10)11)22-25(21-28(38)44-33(3,4)5)31(39)36-23-26-29(34(26,6)7)30(36)27(37)20-24(2)32(40)43-8;1-9-10-11-12-13-14-30-17-20(16-23(33)37-28(3,4)5)26(34)31-18-21-24(29(21,6)7)25(31)22(32)15-19(2)27(35)36-8/h24-26,29-30H,12-23H2,1-11H3;19-21,24-25,30H,9-18H2,1-8H3/t24-,25+,26+,29+,30-;19-,20+,21+,24+,25-/m11/s1. The van der Waals surface area contributed by atoms with Crippen molar-refractivity contribution >= 4 is 65.4 Å². The number of fused-ring (bicyclic) bond motifs is 2. The summed E-state index contributed by atoms with van der Waals surface area (Å²) in [5.74, 6) is -5.32. The molecule has 2 amide bonds. The minimum Gasteiger partial charge on any atom is -0.469 e. The van der Waals surface area contributed by atoms with Crippen LogP contribution in [0.1, 0.15) is 187 Å². The number of ketones is 2. The Labute approximate surface area is 501 Å². The molecule has 83 heavy (non-hydrogen) atoms. The van der Waals surface area contributed by atoms with Crippen LogP contribution in [0.4, 0.5) is 0 Å². The summed E-state index contributed by atoms with van der Waals surface area (Å²) in [5, 5.41) is 3.37. The van der Waals surface area contributed by atoms with Crippen molar-refractivity contribution in [2.45, 2.75) is 236 Å². The molecule has 4 fully saturated rings. The maximum atomic E-state index is 14.5. The van der Waals surface area contributed by atoms with E-state index in [-0.39, 0.29) is 96.5 Å². The van der Waals surface area contributed by atoms with Gasteiger partial charge in [-0.1, -0.05) is 126 Å². The average molecular weight is 1210 g/mol. The largest absolute Gasteiger partial charge is 0.469 e. The molecule has 0 aromatic heterocycles. The van der Waals surface area contributed by atoms with Crippen LogP contribution >= 0.6 is 0 Å². The van der Waals surface area contributed by atoms with Crippen LogP contribution in [0.25, 0.3) is 0 Å². The van der Waals surface area contributed by atoms with Gasteiger partial charge >= 0.3 is 23.9 Å². The molecule has 18 nitrogen and oxygen atoms in total. The third-order valence-electron chi connectivity index (χ3n) is 17.5. The minimum atomic E-state index is -3.72. The van der Waals surface area contributed by atoms with Crippen LogP contribution in [0.3, 0.4) is 0 Å². The second kappa shape index (κ2) is 31.2. The van der Waals surface area contributed by atoms with Crippen molar-refractivity contribution in [1.82, 2.24) is 19.4 Å². The smallest absolute Gasteiger partial charge is 0.308 e. The lowest BCUT2D eigenvalue weighted by Gasteiger charge is -2.35. The molecule has 2 saturated carbocycles. The number of nitrogens with one attached hydrogen (secondary N) is 1. The fourth-order valence-electron chi connectivity index (χ4n) is 12.5. The highest BCUT2D eigenvalue weighted by atomic mass is 32.2. The quantitative estimate of drug-likeness (QED) is 0.0274. The molecule has 0 spiro atoms. The van der Waals surface area contributed by atoms with Crippen LogP contribution < -0.4 is 5.32 Å². The van der Waals surface area contributed by atoms with Gasteiger partial charge in [0, 0.05) is 53.6 Å².